The Morgan fingerprint density at radius 3 is 2.12 bits per heavy atom. The van der Waals surface area contributed by atoms with Crippen LogP contribution in [0.5, 0.6) is 0 Å². The maximum absolute atomic E-state index is 12.4. The van der Waals surface area contributed by atoms with Crippen molar-refractivity contribution in [3.63, 3.8) is 0 Å². The number of carbonyl (C=O) groups is 2. The molecule has 5 aromatic heterocycles. The third-order valence-electron chi connectivity index (χ3n) is 9.45. The molecule has 20 heteroatoms. The molecule has 5 aromatic rings. The zero-order chi connectivity index (χ0) is 41.6. The second kappa shape index (κ2) is 18.1. The molecule has 0 saturated heterocycles. The van der Waals surface area contributed by atoms with Gasteiger partial charge in [0, 0.05) is 62.8 Å². The number of imidazole rings is 1. The van der Waals surface area contributed by atoms with Crippen molar-refractivity contribution in [2.75, 3.05) is 18.5 Å². The van der Waals surface area contributed by atoms with E-state index in [4.69, 9.17) is 17.6 Å². The Kier molecular flexibility index (Phi) is 13.3. The molecule has 0 spiro atoms. The Bertz CT molecular complexity index is 2380. The van der Waals surface area contributed by atoms with Gasteiger partial charge in [-0.05, 0) is 76.1 Å². The number of likely N-dealkylation sites (N-methyl/N-ethyl adjacent to an activating group) is 1. The summed E-state index contributed by atoms with van der Waals surface area (Å²) >= 11 is -1.62. The summed E-state index contributed by atoms with van der Waals surface area (Å²) in [5.74, 6) is 2.77. The van der Waals surface area contributed by atoms with Crippen LogP contribution in [0.15, 0.2) is 43.0 Å². The average Bonchev–Trinajstić information content (AvgIpc) is 3.83. The summed E-state index contributed by atoms with van der Waals surface area (Å²) in [6, 6.07) is 5.09. The number of aromatic nitrogens is 7. The summed E-state index contributed by atoms with van der Waals surface area (Å²) < 4.78 is 20.9. The van der Waals surface area contributed by atoms with E-state index in [1.54, 1.807) is 27.0 Å². The van der Waals surface area contributed by atoms with Crippen LogP contribution < -0.4 is 4.90 Å². The predicted octanol–water partition coefficient (Wildman–Crippen LogP) is 5.02. The van der Waals surface area contributed by atoms with E-state index >= 15 is 0 Å². The topological polar surface area (TPSA) is 235 Å². The van der Waals surface area contributed by atoms with E-state index in [0.717, 1.165) is 70.5 Å². The monoisotopic (exact) mass is 847 g/mol. The van der Waals surface area contributed by atoms with Crippen molar-refractivity contribution in [1.29, 1.82) is 0 Å². The zero-order valence-electron chi connectivity index (χ0n) is 32.2. The number of nitrogens with zero attached hydrogens (tertiary/aromatic N) is 11. The first-order valence-corrected chi connectivity index (χ1v) is 19.2. The number of carbonyl (C=O) groups excluding carboxylic acids is 2. The number of anilines is 2. The van der Waals surface area contributed by atoms with E-state index in [1.807, 2.05) is 36.1 Å². The summed E-state index contributed by atoms with van der Waals surface area (Å²) in [5.41, 5.74) is 8.26. The zero-order valence-corrected chi connectivity index (χ0v) is 34.0. The molecule has 1 aliphatic carbocycles. The van der Waals surface area contributed by atoms with E-state index in [0.29, 0.717) is 36.6 Å². The molecule has 298 valence electrons. The average molecular weight is 847 g/mol. The molecule has 2 aliphatic heterocycles. The van der Waals surface area contributed by atoms with Crippen LogP contribution in [0.2, 0.25) is 0 Å². The quantitative estimate of drug-likeness (QED) is 0.0945. The van der Waals surface area contributed by atoms with Gasteiger partial charge in [-0.3, -0.25) is 44.5 Å². The van der Waals surface area contributed by atoms with E-state index in [9.17, 15) is 29.8 Å². The predicted molar refractivity (Wildman–Crippen MR) is 206 cm³/mol. The third-order valence-corrected chi connectivity index (χ3v) is 9.45. The van der Waals surface area contributed by atoms with E-state index in [2.05, 4.69) is 37.5 Å². The van der Waals surface area contributed by atoms with Crippen molar-refractivity contribution in [3.05, 3.63) is 109 Å². The van der Waals surface area contributed by atoms with E-state index < -0.39 is 24.7 Å². The van der Waals surface area contributed by atoms with Gasteiger partial charge < -0.3 is 14.4 Å². The van der Waals surface area contributed by atoms with Gasteiger partial charge in [-0.25, -0.2) is 9.97 Å². The molecule has 0 aromatic carbocycles. The number of rotatable bonds is 6. The molecule has 0 unspecified atom stereocenters. The molecule has 0 bridgehead atoms. The van der Waals surface area contributed by atoms with Gasteiger partial charge in [-0.1, -0.05) is 0 Å². The van der Waals surface area contributed by atoms with Gasteiger partial charge in [-0.2, -0.15) is 5.10 Å². The van der Waals surface area contributed by atoms with Gasteiger partial charge in [0.25, 0.3) is 11.4 Å². The van der Waals surface area contributed by atoms with Crippen LogP contribution in [0.4, 0.5) is 22.9 Å². The normalized spacial score (nSPS) is 14.0. The Hall–Kier alpha value is -6.27. The number of pyridine rings is 3. The standard InChI is InChI=1S/C23H27N7O.C7H6N2O3.C7H8N2O2.O2Se/c1-14-9-18-17(25-21(14)16-10-24-28(3)11-16)5-4-8-29(18)23-19-12-27(2)20(31)13-30(19)22(26-23)15-6-7-15;1-5-2-7(9(11)12)6(4-10)8-3-5;1-5-3-7(9(10)11)6(2)8-4-5;1-3-2/h9-11,15H,4-8,12-13H2,1-3H3;2-4H,1H3;3-4H,1-2H3;. The second-order valence-electron chi connectivity index (χ2n) is 13.9. The number of fused-ring (bicyclic) bond motifs is 2. The van der Waals surface area contributed by atoms with Crippen molar-refractivity contribution in [3.8, 4) is 11.3 Å². The van der Waals surface area contributed by atoms with Crippen LogP contribution in [0, 0.1) is 47.9 Å². The van der Waals surface area contributed by atoms with Crippen LogP contribution in [0.1, 0.15) is 75.3 Å². The number of hydrogen-bond donors (Lipinski definition) is 0. The van der Waals surface area contributed by atoms with Gasteiger partial charge in [0.2, 0.25) is 5.91 Å². The summed E-state index contributed by atoms with van der Waals surface area (Å²) in [5, 5.41) is 25.0. The minimum absolute atomic E-state index is 0.0880. The fraction of sp³-hybridized carbons (Fsp3) is 0.378. The number of hydrogen-bond acceptors (Lipinski definition) is 14. The SMILES string of the molecule is Cc1cc2c(nc1-c1cnn(C)c1)CCCN2c1nc(C2CC2)n2c1CN(C)C(=O)C2.Cc1cnc(C)c([N+](=O)[O-])c1.Cc1cnc(C=O)c([N+](=O)[O-])c1.O=[Se]=O. The molecule has 3 aliphatic rings. The Morgan fingerprint density at radius 1 is 0.895 bits per heavy atom. The number of amides is 1. The molecule has 1 fully saturated rings. The summed E-state index contributed by atoms with van der Waals surface area (Å²) in [4.78, 5) is 64.1. The van der Waals surface area contributed by atoms with E-state index in [-0.39, 0.29) is 23.0 Å². The molecule has 57 heavy (non-hydrogen) atoms. The van der Waals surface area contributed by atoms with Crippen LogP contribution >= 0.6 is 0 Å². The fourth-order valence-corrected chi connectivity index (χ4v) is 6.51. The Labute approximate surface area is 333 Å². The molecule has 0 atom stereocenters. The number of aryl methyl sites for hydroxylation is 6. The van der Waals surface area contributed by atoms with Gasteiger partial charge in [0.1, 0.15) is 18.1 Å². The van der Waals surface area contributed by atoms with Crippen molar-refractivity contribution >= 4 is 49.9 Å². The maximum atomic E-state index is 12.4. The van der Waals surface area contributed by atoms with Gasteiger partial charge in [-0.15, -0.1) is 0 Å². The molecule has 0 radical (unpaired) electrons. The van der Waals surface area contributed by atoms with Crippen LogP contribution in [0.25, 0.3) is 11.3 Å². The third kappa shape index (κ3) is 9.76. The number of nitro groups is 2. The minimum atomic E-state index is -1.62. The first kappa shape index (κ1) is 41.9. The van der Waals surface area contributed by atoms with Crippen molar-refractivity contribution in [1.82, 2.24) is 39.2 Å². The van der Waals surface area contributed by atoms with Crippen molar-refractivity contribution in [2.24, 2.45) is 7.05 Å². The summed E-state index contributed by atoms with van der Waals surface area (Å²) in [6.07, 6.45) is 11.6. The van der Waals surface area contributed by atoms with Crippen LogP contribution in [-0.4, -0.2) is 89.6 Å². The van der Waals surface area contributed by atoms with Gasteiger partial charge in [0.05, 0.1) is 45.4 Å². The summed E-state index contributed by atoms with van der Waals surface area (Å²) in [7, 11) is 3.81. The molecule has 8 rings (SSSR count). The van der Waals surface area contributed by atoms with Gasteiger partial charge in [0.15, 0.2) is 17.8 Å². The summed E-state index contributed by atoms with van der Waals surface area (Å²) in [6.45, 7) is 9.13. The molecule has 0 N–H and O–H groups in total. The molecule has 19 nitrogen and oxygen atoms in total. The van der Waals surface area contributed by atoms with Crippen molar-refractivity contribution < 1.29 is 27.1 Å². The van der Waals surface area contributed by atoms with Gasteiger partial charge >= 0.3 is 22.5 Å². The second-order valence-corrected chi connectivity index (χ2v) is 14.1. The molecule has 1 saturated carbocycles. The molecule has 1 amide bonds. The fourth-order valence-electron chi connectivity index (χ4n) is 6.51. The van der Waals surface area contributed by atoms with Crippen LogP contribution in [0.3, 0.4) is 0 Å². The Morgan fingerprint density at radius 2 is 1.54 bits per heavy atom. The molecular weight excluding hydrogens is 805 g/mol. The first-order valence-electron chi connectivity index (χ1n) is 17.8. The van der Waals surface area contributed by atoms with Crippen molar-refractivity contribution in [2.45, 2.75) is 72.4 Å². The first-order chi connectivity index (χ1) is 27.2. The van der Waals surface area contributed by atoms with Crippen LogP contribution in [-0.2, 0) is 39.0 Å². The van der Waals surface area contributed by atoms with E-state index in [1.165, 1.54) is 31.2 Å². The molecule has 7 heterocycles. The Balaban J connectivity index is 0.000000196. The molecular formula is C37H41N11O8Se. The number of aldehydes is 1.